The van der Waals surface area contributed by atoms with Gasteiger partial charge in [0.25, 0.3) is 11.1 Å². The Labute approximate surface area is 258 Å². The van der Waals surface area contributed by atoms with E-state index < -0.39 is 28.5 Å². The third-order valence-corrected chi connectivity index (χ3v) is 8.48. The highest BCUT2D eigenvalue weighted by atomic mass is 32.2. The molecule has 1 saturated heterocycles. The number of hydrogen-bond donors (Lipinski definition) is 1. The molecular formula is C32H36F3NO7S. The number of rotatable bonds is 11. The first-order valence-corrected chi connectivity index (χ1v) is 15.2. The number of halogens is 3. The van der Waals surface area contributed by atoms with E-state index in [0.717, 1.165) is 34.1 Å². The van der Waals surface area contributed by atoms with E-state index in [4.69, 9.17) is 18.9 Å². The van der Waals surface area contributed by atoms with Gasteiger partial charge in [-0.3, -0.25) is 19.7 Å². The molecular weight excluding hydrogens is 599 g/mol. The van der Waals surface area contributed by atoms with Crippen LogP contribution in [-0.2, 0) is 26.9 Å². The molecule has 2 amide bonds. The molecule has 0 spiro atoms. The minimum absolute atomic E-state index is 0.0158. The van der Waals surface area contributed by atoms with E-state index in [0.29, 0.717) is 62.8 Å². The number of carbonyl (C=O) groups excluding carboxylic acids is 3. The van der Waals surface area contributed by atoms with Crippen LogP contribution in [0.4, 0.5) is 18.0 Å². The minimum Gasteiger partial charge on any atom is -0.493 e. The molecule has 4 rings (SSSR count). The maximum Gasteiger partial charge on any atom is 0.419 e. The third-order valence-electron chi connectivity index (χ3n) is 7.67. The van der Waals surface area contributed by atoms with Gasteiger partial charge in [0.2, 0.25) is 0 Å². The Bertz CT molecular complexity index is 1490. The second kappa shape index (κ2) is 13.5. The Morgan fingerprint density at radius 1 is 1.11 bits per heavy atom. The van der Waals surface area contributed by atoms with E-state index in [-0.39, 0.29) is 28.8 Å². The molecule has 1 unspecified atom stereocenters. The molecule has 1 atom stereocenters. The molecule has 2 aromatic carbocycles. The number of nitrogens with one attached hydrogen (secondary N) is 1. The highest BCUT2D eigenvalue weighted by Crippen LogP contribution is 2.44. The van der Waals surface area contributed by atoms with Crippen molar-refractivity contribution in [3.63, 3.8) is 0 Å². The van der Waals surface area contributed by atoms with Gasteiger partial charge in [0.1, 0.15) is 29.5 Å². The SMILES string of the molecule is CCOC(=O)CCCCOc1c(C)c(C)c2c(c1C)CCC(C)(COc1ccc(C=C3SC(=O)NC3=O)cc1C(F)(F)F)O2. The van der Waals surface area contributed by atoms with Crippen LogP contribution >= 0.6 is 11.8 Å². The van der Waals surface area contributed by atoms with Crippen LogP contribution in [0.25, 0.3) is 6.08 Å². The van der Waals surface area contributed by atoms with E-state index in [1.54, 1.807) is 6.92 Å². The predicted molar refractivity (Wildman–Crippen MR) is 160 cm³/mol. The van der Waals surface area contributed by atoms with Gasteiger partial charge in [-0.2, -0.15) is 13.2 Å². The molecule has 44 heavy (non-hydrogen) atoms. The van der Waals surface area contributed by atoms with Crippen LogP contribution in [0.5, 0.6) is 17.2 Å². The number of ether oxygens (including phenoxy) is 4. The Hall–Kier alpha value is -3.67. The number of hydrogen-bond acceptors (Lipinski definition) is 8. The fourth-order valence-corrected chi connectivity index (χ4v) is 5.85. The van der Waals surface area contributed by atoms with Crippen molar-refractivity contribution < 1.29 is 46.5 Å². The summed E-state index contributed by atoms with van der Waals surface area (Å²) in [5, 5.41) is 1.50. The minimum atomic E-state index is -4.72. The summed E-state index contributed by atoms with van der Waals surface area (Å²) in [5.41, 5.74) is 1.98. The lowest BCUT2D eigenvalue weighted by Gasteiger charge is -2.38. The van der Waals surface area contributed by atoms with Crippen molar-refractivity contribution in [1.29, 1.82) is 0 Å². The number of unbranched alkanes of at least 4 members (excludes halogenated alkanes) is 1. The number of esters is 1. The summed E-state index contributed by atoms with van der Waals surface area (Å²) in [7, 11) is 0. The predicted octanol–water partition coefficient (Wildman–Crippen LogP) is 7.23. The number of thioether (sulfide) groups is 1. The van der Waals surface area contributed by atoms with Crippen LogP contribution in [0.15, 0.2) is 23.1 Å². The molecule has 2 aromatic rings. The molecule has 12 heteroatoms. The first kappa shape index (κ1) is 33.2. The zero-order valence-electron chi connectivity index (χ0n) is 25.4. The maximum atomic E-state index is 14.0. The molecule has 238 valence electrons. The van der Waals surface area contributed by atoms with E-state index in [9.17, 15) is 27.6 Å². The summed E-state index contributed by atoms with van der Waals surface area (Å²) in [6.45, 7) is 10.1. The number of benzene rings is 2. The maximum absolute atomic E-state index is 14.0. The van der Waals surface area contributed by atoms with Gasteiger partial charge in [-0.25, -0.2) is 0 Å². The van der Waals surface area contributed by atoms with Gasteiger partial charge in [0.05, 0.1) is 23.7 Å². The molecule has 1 fully saturated rings. The van der Waals surface area contributed by atoms with Gasteiger partial charge in [-0.05, 0) is 113 Å². The highest BCUT2D eigenvalue weighted by molar-refractivity contribution is 8.18. The molecule has 0 aromatic heterocycles. The molecule has 8 nitrogen and oxygen atoms in total. The molecule has 0 bridgehead atoms. The monoisotopic (exact) mass is 635 g/mol. The second-order valence-electron chi connectivity index (χ2n) is 11.1. The van der Waals surface area contributed by atoms with E-state index in [2.05, 4.69) is 5.32 Å². The summed E-state index contributed by atoms with van der Waals surface area (Å²) in [5.74, 6) is 0.244. The van der Waals surface area contributed by atoms with Crippen molar-refractivity contribution in [3.05, 3.63) is 56.5 Å². The quantitative estimate of drug-likeness (QED) is 0.157. The lowest BCUT2D eigenvalue weighted by atomic mass is 9.87. The van der Waals surface area contributed by atoms with Gasteiger partial charge < -0.3 is 18.9 Å². The number of amides is 2. The first-order valence-electron chi connectivity index (χ1n) is 14.4. The Morgan fingerprint density at radius 3 is 2.52 bits per heavy atom. The largest absolute Gasteiger partial charge is 0.493 e. The Balaban J connectivity index is 1.46. The van der Waals surface area contributed by atoms with Crippen molar-refractivity contribution >= 4 is 35.0 Å². The standard InChI is InChI=1S/C32H36F3NO7S/c1-6-40-26(37)9-7-8-14-41-27-18(2)19(3)28-22(20(27)4)12-13-31(5,43-28)17-42-24-11-10-21(15-23(24)32(33,34)35)16-25-29(38)36-30(39)44-25/h10-11,15-16H,6-9,12-14,17H2,1-5H3,(H,36,38,39). The fourth-order valence-electron chi connectivity index (χ4n) is 5.17. The lowest BCUT2D eigenvalue weighted by Crippen LogP contribution is -2.42. The summed E-state index contributed by atoms with van der Waals surface area (Å²) in [6.07, 6.45) is -0.638. The number of imide groups is 1. The van der Waals surface area contributed by atoms with Gasteiger partial charge in [0, 0.05) is 12.0 Å². The van der Waals surface area contributed by atoms with Crippen molar-refractivity contribution in [2.45, 2.75) is 78.5 Å². The van der Waals surface area contributed by atoms with Gasteiger partial charge >= 0.3 is 12.1 Å². The van der Waals surface area contributed by atoms with Crippen molar-refractivity contribution in [3.8, 4) is 17.2 Å². The lowest BCUT2D eigenvalue weighted by molar-refractivity contribution is -0.143. The summed E-state index contributed by atoms with van der Waals surface area (Å²) in [4.78, 5) is 34.8. The van der Waals surface area contributed by atoms with Crippen LogP contribution in [0.2, 0.25) is 0 Å². The van der Waals surface area contributed by atoms with Crippen molar-refractivity contribution in [2.75, 3.05) is 19.8 Å². The molecule has 2 aliphatic rings. The molecule has 0 saturated carbocycles. The number of fused-ring (bicyclic) bond motifs is 1. The topological polar surface area (TPSA) is 100 Å². The van der Waals surface area contributed by atoms with Crippen LogP contribution in [0.1, 0.15) is 72.9 Å². The fraction of sp³-hybridized carbons (Fsp3) is 0.469. The molecule has 1 N–H and O–H groups in total. The average molecular weight is 636 g/mol. The zero-order chi connectivity index (χ0) is 32.2. The Morgan fingerprint density at radius 2 is 1.86 bits per heavy atom. The third kappa shape index (κ3) is 7.69. The molecule has 2 heterocycles. The van der Waals surface area contributed by atoms with Gasteiger partial charge in [-0.15, -0.1) is 0 Å². The summed E-state index contributed by atoms with van der Waals surface area (Å²) in [6, 6.07) is 3.51. The van der Waals surface area contributed by atoms with E-state index in [1.165, 1.54) is 18.2 Å². The normalized spacial score (nSPS) is 19.0. The molecule has 2 aliphatic heterocycles. The highest BCUT2D eigenvalue weighted by Gasteiger charge is 2.38. The first-order chi connectivity index (χ1) is 20.7. The number of carbonyl (C=O) groups is 3. The average Bonchev–Trinajstić information content (AvgIpc) is 3.28. The zero-order valence-corrected chi connectivity index (χ0v) is 26.2. The molecule has 0 aliphatic carbocycles. The molecule has 0 radical (unpaired) electrons. The van der Waals surface area contributed by atoms with Crippen molar-refractivity contribution in [2.24, 2.45) is 0 Å². The number of alkyl halides is 3. The smallest absolute Gasteiger partial charge is 0.419 e. The van der Waals surface area contributed by atoms with Crippen LogP contribution in [0, 0.1) is 20.8 Å². The van der Waals surface area contributed by atoms with Gasteiger partial charge in [0.15, 0.2) is 0 Å². The second-order valence-corrected chi connectivity index (χ2v) is 12.1. The van der Waals surface area contributed by atoms with Crippen LogP contribution in [0.3, 0.4) is 0 Å². The van der Waals surface area contributed by atoms with Crippen LogP contribution < -0.4 is 19.5 Å². The van der Waals surface area contributed by atoms with Crippen LogP contribution in [-0.4, -0.2) is 42.5 Å². The summed E-state index contributed by atoms with van der Waals surface area (Å²) >= 11 is 0.630. The summed E-state index contributed by atoms with van der Waals surface area (Å²) < 4.78 is 65.3. The van der Waals surface area contributed by atoms with E-state index >= 15 is 0 Å². The Kier molecular flexibility index (Phi) is 10.2. The van der Waals surface area contributed by atoms with Crippen molar-refractivity contribution in [1.82, 2.24) is 5.32 Å². The van der Waals surface area contributed by atoms with E-state index in [1.807, 2.05) is 27.7 Å². The van der Waals surface area contributed by atoms with Gasteiger partial charge in [-0.1, -0.05) is 6.07 Å².